The van der Waals surface area contributed by atoms with E-state index in [1.807, 2.05) is 13.0 Å². The van der Waals surface area contributed by atoms with Crippen molar-refractivity contribution in [2.75, 3.05) is 19.0 Å². The number of ether oxygens (including phenoxy) is 2. The molecular weight excluding hydrogens is 377 g/mol. The lowest BCUT2D eigenvalue weighted by Crippen LogP contribution is -2.18. The Morgan fingerprint density at radius 2 is 2.03 bits per heavy atom. The van der Waals surface area contributed by atoms with E-state index in [0.29, 0.717) is 47.4 Å². The minimum atomic E-state index is -0.480. The molecule has 1 unspecified atom stereocenters. The summed E-state index contributed by atoms with van der Waals surface area (Å²) >= 11 is 0. The van der Waals surface area contributed by atoms with Crippen molar-refractivity contribution in [1.29, 1.82) is 5.26 Å². The molecule has 0 aliphatic carbocycles. The number of nitriles is 1. The molecule has 1 atom stereocenters. The summed E-state index contributed by atoms with van der Waals surface area (Å²) in [6.45, 7) is 2.20. The highest BCUT2D eigenvalue weighted by Crippen LogP contribution is 2.39. The van der Waals surface area contributed by atoms with Crippen molar-refractivity contribution in [2.45, 2.75) is 19.4 Å². The standard InChI is InChI=1S/C19H20FN7O2/c1-11(22)3-4-29-16-6-12(20)5-15(28-2)19(16)14-7-17(27-26-14)25-18-10-23-13(8-21)9-24-18/h5-7,9-11H,3-4,22H2,1-2H3,(H2,24,25,26,27). The van der Waals surface area contributed by atoms with Gasteiger partial charge in [0.15, 0.2) is 11.5 Å². The van der Waals surface area contributed by atoms with Gasteiger partial charge in [-0.15, -0.1) is 0 Å². The second-order valence-electron chi connectivity index (χ2n) is 6.29. The first-order valence-electron chi connectivity index (χ1n) is 8.81. The van der Waals surface area contributed by atoms with Gasteiger partial charge in [0.25, 0.3) is 0 Å². The van der Waals surface area contributed by atoms with Crippen LogP contribution in [0.2, 0.25) is 0 Å². The quantitative estimate of drug-likeness (QED) is 0.528. The van der Waals surface area contributed by atoms with Crippen LogP contribution < -0.4 is 20.5 Å². The van der Waals surface area contributed by atoms with E-state index in [9.17, 15) is 4.39 Å². The molecule has 0 saturated carbocycles. The highest BCUT2D eigenvalue weighted by molar-refractivity contribution is 5.76. The van der Waals surface area contributed by atoms with Crippen molar-refractivity contribution in [2.24, 2.45) is 5.73 Å². The van der Waals surface area contributed by atoms with E-state index in [1.54, 1.807) is 6.07 Å². The molecule has 0 bridgehead atoms. The topological polar surface area (TPSA) is 135 Å². The number of nitrogens with zero attached hydrogens (tertiary/aromatic N) is 4. The van der Waals surface area contributed by atoms with Crippen LogP contribution in [0.5, 0.6) is 11.5 Å². The molecule has 3 rings (SSSR count). The van der Waals surface area contributed by atoms with Gasteiger partial charge in [-0.05, 0) is 13.3 Å². The zero-order chi connectivity index (χ0) is 20.8. The number of halogens is 1. The minimum Gasteiger partial charge on any atom is -0.496 e. The summed E-state index contributed by atoms with van der Waals surface area (Å²) in [4.78, 5) is 8.03. The largest absolute Gasteiger partial charge is 0.496 e. The Morgan fingerprint density at radius 1 is 1.24 bits per heavy atom. The van der Waals surface area contributed by atoms with Gasteiger partial charge in [0, 0.05) is 24.2 Å². The summed E-state index contributed by atoms with van der Waals surface area (Å²) < 4.78 is 25.1. The second-order valence-corrected chi connectivity index (χ2v) is 6.29. The normalized spacial score (nSPS) is 11.6. The molecule has 0 radical (unpaired) electrons. The molecule has 2 heterocycles. The predicted octanol–water partition coefficient (Wildman–Crippen LogP) is 2.75. The molecule has 4 N–H and O–H groups in total. The van der Waals surface area contributed by atoms with Crippen LogP contribution in [0.25, 0.3) is 11.3 Å². The van der Waals surface area contributed by atoms with E-state index < -0.39 is 5.82 Å². The third-order valence-corrected chi connectivity index (χ3v) is 3.95. The molecule has 150 valence electrons. The zero-order valence-electron chi connectivity index (χ0n) is 15.9. The fourth-order valence-electron chi connectivity index (χ4n) is 2.55. The molecule has 3 aromatic rings. The highest BCUT2D eigenvalue weighted by Gasteiger charge is 2.18. The summed E-state index contributed by atoms with van der Waals surface area (Å²) in [5.41, 5.74) is 7.06. The van der Waals surface area contributed by atoms with E-state index >= 15 is 0 Å². The first-order chi connectivity index (χ1) is 14.0. The summed E-state index contributed by atoms with van der Waals surface area (Å²) in [6.07, 6.45) is 3.39. The lowest BCUT2D eigenvalue weighted by Gasteiger charge is -2.15. The van der Waals surface area contributed by atoms with Crippen LogP contribution in [-0.2, 0) is 0 Å². The van der Waals surface area contributed by atoms with Gasteiger partial charge in [0.05, 0.1) is 37.4 Å². The molecule has 2 aromatic heterocycles. The highest BCUT2D eigenvalue weighted by atomic mass is 19.1. The lowest BCUT2D eigenvalue weighted by molar-refractivity contribution is 0.298. The Morgan fingerprint density at radius 3 is 2.69 bits per heavy atom. The maximum absolute atomic E-state index is 14.0. The fraction of sp³-hybridized carbons (Fsp3) is 0.263. The van der Waals surface area contributed by atoms with Crippen molar-refractivity contribution < 1.29 is 13.9 Å². The number of anilines is 2. The van der Waals surface area contributed by atoms with Crippen LogP contribution in [-0.4, -0.2) is 39.9 Å². The van der Waals surface area contributed by atoms with Crippen LogP contribution in [0.4, 0.5) is 16.0 Å². The lowest BCUT2D eigenvalue weighted by atomic mass is 10.1. The summed E-state index contributed by atoms with van der Waals surface area (Å²) in [7, 11) is 1.45. The van der Waals surface area contributed by atoms with E-state index in [0.717, 1.165) is 0 Å². The fourth-order valence-corrected chi connectivity index (χ4v) is 2.55. The maximum atomic E-state index is 14.0. The number of aromatic nitrogens is 4. The van der Waals surface area contributed by atoms with Crippen LogP contribution >= 0.6 is 0 Å². The van der Waals surface area contributed by atoms with Crippen molar-refractivity contribution in [3.63, 3.8) is 0 Å². The number of aromatic amines is 1. The molecule has 0 aliphatic rings. The average molecular weight is 397 g/mol. The van der Waals surface area contributed by atoms with E-state index in [-0.39, 0.29) is 11.7 Å². The van der Waals surface area contributed by atoms with Crippen LogP contribution in [0.1, 0.15) is 19.0 Å². The van der Waals surface area contributed by atoms with Gasteiger partial charge in [-0.25, -0.2) is 14.4 Å². The number of H-pyrrole nitrogens is 1. The van der Waals surface area contributed by atoms with Gasteiger partial charge >= 0.3 is 0 Å². The third-order valence-electron chi connectivity index (χ3n) is 3.95. The van der Waals surface area contributed by atoms with Gasteiger partial charge in [-0.3, -0.25) is 5.10 Å². The second kappa shape index (κ2) is 8.99. The average Bonchev–Trinajstić information content (AvgIpc) is 3.15. The first kappa shape index (κ1) is 20.0. The van der Waals surface area contributed by atoms with Crippen molar-refractivity contribution in [3.8, 4) is 28.8 Å². The predicted molar refractivity (Wildman–Crippen MR) is 104 cm³/mol. The molecule has 0 spiro atoms. The monoisotopic (exact) mass is 397 g/mol. The Hall–Kier alpha value is -3.71. The van der Waals surface area contributed by atoms with Gasteiger partial charge in [-0.2, -0.15) is 10.4 Å². The summed E-state index contributed by atoms with van der Waals surface area (Å²) in [6, 6.07) is 6.13. The van der Waals surface area contributed by atoms with Crippen LogP contribution in [0.15, 0.2) is 30.6 Å². The Bertz CT molecular complexity index is 1010. The molecule has 29 heavy (non-hydrogen) atoms. The molecule has 10 heteroatoms. The number of hydrogen-bond donors (Lipinski definition) is 3. The molecular formula is C19H20FN7O2. The Kier molecular flexibility index (Phi) is 6.21. The number of nitrogens with two attached hydrogens (primary N) is 1. The summed E-state index contributed by atoms with van der Waals surface area (Å²) in [5.74, 6) is 1.01. The third kappa shape index (κ3) is 4.97. The first-order valence-corrected chi connectivity index (χ1v) is 8.81. The molecule has 0 saturated heterocycles. The van der Waals surface area contributed by atoms with Crippen molar-refractivity contribution in [3.05, 3.63) is 42.1 Å². The van der Waals surface area contributed by atoms with Crippen molar-refractivity contribution >= 4 is 11.6 Å². The van der Waals surface area contributed by atoms with Crippen LogP contribution in [0, 0.1) is 17.1 Å². The van der Waals surface area contributed by atoms with Gasteiger partial charge < -0.3 is 20.5 Å². The van der Waals surface area contributed by atoms with Gasteiger partial charge in [-0.1, -0.05) is 0 Å². The van der Waals surface area contributed by atoms with E-state index in [4.69, 9.17) is 20.5 Å². The van der Waals surface area contributed by atoms with E-state index in [1.165, 1.54) is 31.6 Å². The number of nitrogens with one attached hydrogen (secondary N) is 2. The summed E-state index contributed by atoms with van der Waals surface area (Å²) in [5, 5.41) is 18.8. The molecule has 0 fully saturated rings. The molecule has 9 nitrogen and oxygen atoms in total. The van der Waals surface area contributed by atoms with Crippen molar-refractivity contribution in [1.82, 2.24) is 20.2 Å². The number of rotatable bonds is 8. The molecule has 0 amide bonds. The van der Waals surface area contributed by atoms with E-state index in [2.05, 4.69) is 25.5 Å². The number of hydrogen-bond acceptors (Lipinski definition) is 8. The smallest absolute Gasteiger partial charge is 0.158 e. The molecule has 0 aliphatic heterocycles. The van der Waals surface area contributed by atoms with Gasteiger partial charge in [0.1, 0.15) is 29.2 Å². The van der Waals surface area contributed by atoms with Gasteiger partial charge in [0.2, 0.25) is 0 Å². The number of methoxy groups -OCH3 is 1. The Labute approximate surface area is 166 Å². The minimum absolute atomic E-state index is 0.0367. The SMILES string of the molecule is COc1cc(F)cc(OCCC(C)N)c1-c1cc(Nc2cnc(C#N)cn2)n[nH]1. The number of benzene rings is 1. The van der Waals surface area contributed by atoms with Crippen LogP contribution in [0.3, 0.4) is 0 Å². The zero-order valence-corrected chi connectivity index (χ0v) is 15.9. The molecule has 1 aromatic carbocycles. The maximum Gasteiger partial charge on any atom is 0.158 e. The Balaban J connectivity index is 1.88.